The van der Waals surface area contributed by atoms with Crippen molar-refractivity contribution >= 4 is 46.4 Å². The summed E-state index contributed by atoms with van der Waals surface area (Å²) in [6, 6.07) is 9.79. The van der Waals surface area contributed by atoms with E-state index in [0.717, 1.165) is 0 Å². The fourth-order valence-electron chi connectivity index (χ4n) is 2.16. The second-order valence-corrected chi connectivity index (χ2v) is 6.28. The topological polar surface area (TPSA) is 55.1 Å². The molecule has 0 aliphatic carbocycles. The lowest BCUT2D eigenvalue weighted by molar-refractivity contribution is 0.102. The van der Waals surface area contributed by atoms with Crippen LogP contribution in [0.2, 0.25) is 15.1 Å². The molecule has 0 spiro atoms. The number of nitrogens with zero attached hydrogens (tertiary/aromatic N) is 1. The zero-order valence-corrected chi connectivity index (χ0v) is 14.7. The molecule has 1 N–H and O–H groups in total. The highest BCUT2D eigenvalue weighted by Gasteiger charge is 2.13. The zero-order chi connectivity index (χ0) is 17.3. The van der Waals surface area contributed by atoms with Gasteiger partial charge in [-0.25, -0.2) is 4.98 Å². The van der Waals surface area contributed by atoms with Crippen molar-refractivity contribution in [2.75, 3.05) is 5.32 Å². The monoisotopic (exact) mass is 380 g/mol. The number of hydrogen-bond acceptors (Lipinski definition) is 3. The average molecular weight is 382 g/mol. The molecule has 4 nitrogen and oxygen atoms in total. The van der Waals surface area contributed by atoms with Crippen LogP contribution in [0.15, 0.2) is 47.1 Å². The van der Waals surface area contributed by atoms with Crippen LogP contribution >= 0.6 is 34.8 Å². The minimum Gasteiger partial charge on any atom is -0.449 e. The predicted molar refractivity (Wildman–Crippen MR) is 96.1 cm³/mol. The van der Waals surface area contributed by atoms with Gasteiger partial charge in [0.15, 0.2) is 5.89 Å². The van der Waals surface area contributed by atoms with Crippen LogP contribution in [-0.4, -0.2) is 10.9 Å². The maximum absolute atomic E-state index is 12.4. The van der Waals surface area contributed by atoms with Gasteiger partial charge in [0, 0.05) is 23.2 Å². The number of aromatic nitrogens is 1. The fourth-order valence-corrected chi connectivity index (χ4v) is 2.87. The highest BCUT2D eigenvalue weighted by molar-refractivity contribution is 6.37. The van der Waals surface area contributed by atoms with Crippen molar-refractivity contribution in [1.29, 1.82) is 0 Å². The van der Waals surface area contributed by atoms with Crippen LogP contribution in [0.1, 0.15) is 16.2 Å². The summed E-state index contributed by atoms with van der Waals surface area (Å²) in [6.45, 7) is 1.74. The summed E-state index contributed by atoms with van der Waals surface area (Å²) in [5.74, 6) is 0.185. The number of amides is 1. The molecule has 3 aromatic rings. The Morgan fingerprint density at radius 1 is 1.08 bits per heavy atom. The fraction of sp³-hybridized carbons (Fsp3) is 0.0588. The molecule has 1 heterocycles. The lowest BCUT2D eigenvalue weighted by Crippen LogP contribution is -2.12. The van der Waals surface area contributed by atoms with Gasteiger partial charge in [-0.3, -0.25) is 4.79 Å². The molecule has 0 atom stereocenters. The van der Waals surface area contributed by atoms with Gasteiger partial charge in [0.2, 0.25) is 0 Å². The van der Waals surface area contributed by atoms with E-state index in [2.05, 4.69) is 10.3 Å². The summed E-state index contributed by atoms with van der Waals surface area (Å²) in [5, 5.41) is 4.03. The molecular formula is C17H11Cl3N2O2. The van der Waals surface area contributed by atoms with Crippen molar-refractivity contribution in [3.63, 3.8) is 0 Å². The normalized spacial score (nSPS) is 10.7. The molecule has 0 saturated heterocycles. The minimum absolute atomic E-state index is 0.279. The minimum atomic E-state index is -0.346. The van der Waals surface area contributed by atoms with Crippen molar-refractivity contribution < 1.29 is 9.21 Å². The number of hydrogen-bond donors (Lipinski definition) is 1. The van der Waals surface area contributed by atoms with Crippen LogP contribution in [-0.2, 0) is 0 Å². The number of benzene rings is 2. The molecule has 7 heteroatoms. The molecule has 24 heavy (non-hydrogen) atoms. The van der Waals surface area contributed by atoms with Crippen molar-refractivity contribution in [3.8, 4) is 11.3 Å². The standard InChI is InChI=1S/C17H11Cl3N2O2/c1-9-21-16(8-24-9)13-7-11(3-5-14(13)19)22-17(23)12-4-2-10(18)6-15(12)20/h2-8H,1H3,(H,22,23). The number of oxazole rings is 1. The lowest BCUT2D eigenvalue weighted by atomic mass is 10.1. The lowest BCUT2D eigenvalue weighted by Gasteiger charge is -2.09. The van der Waals surface area contributed by atoms with Gasteiger partial charge in [-0.15, -0.1) is 0 Å². The quantitative estimate of drug-likeness (QED) is 0.618. The molecule has 0 aliphatic heterocycles. The number of anilines is 1. The highest BCUT2D eigenvalue weighted by Crippen LogP contribution is 2.30. The Bertz CT molecular complexity index is 922. The van der Waals surface area contributed by atoms with E-state index in [1.165, 1.54) is 12.3 Å². The molecule has 1 aromatic heterocycles. The summed E-state index contributed by atoms with van der Waals surface area (Å²) >= 11 is 18.1. The molecule has 1 amide bonds. The van der Waals surface area contributed by atoms with Crippen molar-refractivity contribution in [2.45, 2.75) is 6.92 Å². The van der Waals surface area contributed by atoms with Crippen molar-refractivity contribution in [2.24, 2.45) is 0 Å². The summed E-state index contributed by atoms with van der Waals surface area (Å²) in [4.78, 5) is 16.6. The molecular weight excluding hydrogens is 371 g/mol. The number of aryl methyl sites for hydroxylation is 1. The number of rotatable bonds is 3. The highest BCUT2D eigenvalue weighted by atomic mass is 35.5. The first-order valence-corrected chi connectivity index (χ1v) is 8.06. The van der Waals surface area contributed by atoms with E-state index in [0.29, 0.717) is 38.4 Å². The van der Waals surface area contributed by atoms with Gasteiger partial charge in [0.05, 0.1) is 15.6 Å². The summed E-state index contributed by atoms with van der Waals surface area (Å²) in [6.07, 6.45) is 1.51. The van der Waals surface area contributed by atoms with E-state index in [9.17, 15) is 4.79 Å². The second-order valence-electron chi connectivity index (χ2n) is 5.02. The molecule has 0 aliphatic rings. The first kappa shape index (κ1) is 16.8. The molecule has 3 rings (SSSR count). The van der Waals surface area contributed by atoms with Crippen molar-refractivity contribution in [3.05, 3.63) is 69.2 Å². The van der Waals surface area contributed by atoms with E-state index in [-0.39, 0.29) is 10.9 Å². The third kappa shape index (κ3) is 3.56. The van der Waals surface area contributed by atoms with Crippen LogP contribution < -0.4 is 5.32 Å². The van der Waals surface area contributed by atoms with Crippen molar-refractivity contribution in [1.82, 2.24) is 4.98 Å². The van der Waals surface area contributed by atoms with Gasteiger partial charge in [0.1, 0.15) is 12.0 Å². The first-order valence-electron chi connectivity index (χ1n) is 6.92. The summed E-state index contributed by atoms with van der Waals surface area (Å²) in [5.41, 5.74) is 2.15. The second kappa shape index (κ2) is 6.85. The number of carbonyl (C=O) groups is 1. The Morgan fingerprint density at radius 2 is 1.88 bits per heavy atom. The Morgan fingerprint density at radius 3 is 2.54 bits per heavy atom. The number of carbonyl (C=O) groups excluding carboxylic acids is 1. The van der Waals surface area contributed by atoms with Gasteiger partial charge in [0.25, 0.3) is 5.91 Å². The maximum atomic E-state index is 12.4. The van der Waals surface area contributed by atoms with Gasteiger partial charge in [-0.2, -0.15) is 0 Å². The van der Waals surface area contributed by atoms with E-state index in [1.54, 1.807) is 37.3 Å². The molecule has 0 saturated carbocycles. The van der Waals surface area contributed by atoms with E-state index in [1.807, 2.05) is 0 Å². The van der Waals surface area contributed by atoms with Crippen LogP contribution in [0, 0.1) is 6.92 Å². The van der Waals surface area contributed by atoms with Gasteiger partial charge >= 0.3 is 0 Å². The first-order chi connectivity index (χ1) is 11.4. The summed E-state index contributed by atoms with van der Waals surface area (Å²) in [7, 11) is 0. The molecule has 2 aromatic carbocycles. The Balaban J connectivity index is 1.89. The molecule has 0 unspecified atom stereocenters. The van der Waals surface area contributed by atoms with E-state index in [4.69, 9.17) is 39.2 Å². The zero-order valence-electron chi connectivity index (χ0n) is 12.4. The van der Waals surface area contributed by atoms with Gasteiger partial charge in [-0.05, 0) is 36.4 Å². The third-order valence-electron chi connectivity index (χ3n) is 3.29. The van der Waals surface area contributed by atoms with Crippen LogP contribution in [0.4, 0.5) is 5.69 Å². The Labute approximate surface area is 153 Å². The van der Waals surface area contributed by atoms with Crippen LogP contribution in [0.5, 0.6) is 0 Å². The van der Waals surface area contributed by atoms with E-state index >= 15 is 0 Å². The third-order valence-corrected chi connectivity index (χ3v) is 4.17. The molecule has 122 valence electrons. The predicted octanol–water partition coefficient (Wildman–Crippen LogP) is 5.86. The largest absolute Gasteiger partial charge is 0.449 e. The number of halogens is 3. The summed E-state index contributed by atoms with van der Waals surface area (Å²) < 4.78 is 5.20. The van der Waals surface area contributed by atoms with E-state index < -0.39 is 0 Å². The average Bonchev–Trinajstić information content (AvgIpc) is 2.95. The smallest absolute Gasteiger partial charge is 0.257 e. The van der Waals surface area contributed by atoms with Gasteiger partial charge < -0.3 is 9.73 Å². The Kier molecular flexibility index (Phi) is 4.81. The van der Waals surface area contributed by atoms with Crippen LogP contribution in [0.3, 0.4) is 0 Å². The maximum Gasteiger partial charge on any atom is 0.257 e. The number of nitrogens with one attached hydrogen (secondary N) is 1. The van der Waals surface area contributed by atoms with Gasteiger partial charge in [-0.1, -0.05) is 34.8 Å². The Hall–Kier alpha value is -2.01. The molecule has 0 bridgehead atoms. The SMILES string of the molecule is Cc1nc(-c2cc(NC(=O)c3ccc(Cl)cc3Cl)ccc2Cl)co1. The van der Waals surface area contributed by atoms with Crippen LogP contribution in [0.25, 0.3) is 11.3 Å². The molecule has 0 radical (unpaired) electrons. The molecule has 0 fully saturated rings.